The summed E-state index contributed by atoms with van der Waals surface area (Å²) in [6.07, 6.45) is 0.643. The van der Waals surface area contributed by atoms with Crippen molar-refractivity contribution >= 4 is 45.7 Å². The van der Waals surface area contributed by atoms with Crippen LogP contribution in [-0.4, -0.2) is 38.2 Å². The molecular formula is C31H22N2O5. The number of benzene rings is 3. The van der Waals surface area contributed by atoms with Crippen LogP contribution in [0.5, 0.6) is 0 Å². The number of fused-ring (bicyclic) bond motifs is 7. The van der Waals surface area contributed by atoms with E-state index in [0.29, 0.717) is 40.2 Å². The van der Waals surface area contributed by atoms with Crippen LogP contribution in [0.15, 0.2) is 83.4 Å². The highest BCUT2D eigenvalue weighted by atomic mass is 16.4. The molecule has 3 heterocycles. The number of ketones is 1. The first-order chi connectivity index (χ1) is 18.4. The summed E-state index contributed by atoms with van der Waals surface area (Å²) in [7, 11) is 0. The van der Waals surface area contributed by atoms with E-state index in [1.54, 1.807) is 28.8 Å². The summed E-state index contributed by atoms with van der Waals surface area (Å²) < 4.78 is 1.69. The summed E-state index contributed by atoms with van der Waals surface area (Å²) in [6.45, 7) is 0. The molecule has 1 spiro atoms. The minimum absolute atomic E-state index is 0.0913. The predicted molar refractivity (Wildman–Crippen MR) is 142 cm³/mol. The molecule has 3 aliphatic rings. The summed E-state index contributed by atoms with van der Waals surface area (Å²) in [4.78, 5) is 43.9. The fourth-order valence-electron chi connectivity index (χ4n) is 6.55. The molecule has 1 atom stereocenters. The number of aryl methyl sites for hydroxylation is 1. The Labute approximate surface area is 217 Å². The number of para-hydroxylation sites is 2. The standard InChI is InChI=1S/C31H22N2O5/c34-24-15-16-31(30-20(13-14-25(35)36)17-7-3-6-12-23(17)33(24)30)21-10-4-5-11-22(21)32-29(31)26-27(37)18-8-1-2-9-19(18)28(26)38/h1-12,37H,13-16H2,(H,35,36). The van der Waals surface area contributed by atoms with Gasteiger partial charge in [-0.15, -0.1) is 0 Å². The molecule has 2 N–H and O–H groups in total. The van der Waals surface area contributed by atoms with Crippen LogP contribution in [-0.2, 0) is 16.6 Å². The van der Waals surface area contributed by atoms with Crippen molar-refractivity contribution < 1.29 is 24.6 Å². The van der Waals surface area contributed by atoms with E-state index in [4.69, 9.17) is 4.99 Å². The van der Waals surface area contributed by atoms with Gasteiger partial charge in [0.15, 0.2) is 5.78 Å². The number of aliphatic carboxylic acids is 1. The predicted octanol–water partition coefficient (Wildman–Crippen LogP) is 5.63. The molecule has 7 nitrogen and oxygen atoms in total. The van der Waals surface area contributed by atoms with E-state index in [2.05, 4.69) is 0 Å². The number of carbonyl (C=O) groups excluding carboxylic acids is 2. The van der Waals surface area contributed by atoms with Crippen LogP contribution in [0.2, 0.25) is 0 Å². The zero-order valence-corrected chi connectivity index (χ0v) is 20.3. The van der Waals surface area contributed by atoms with Gasteiger partial charge in [-0.1, -0.05) is 60.7 Å². The van der Waals surface area contributed by atoms with Crippen molar-refractivity contribution in [2.24, 2.45) is 4.99 Å². The van der Waals surface area contributed by atoms with Gasteiger partial charge >= 0.3 is 5.97 Å². The smallest absolute Gasteiger partial charge is 0.303 e. The third kappa shape index (κ3) is 2.78. The summed E-state index contributed by atoms with van der Waals surface area (Å²) in [6, 6.07) is 22.0. The Morgan fingerprint density at radius 3 is 2.45 bits per heavy atom. The summed E-state index contributed by atoms with van der Waals surface area (Å²) >= 11 is 0. The van der Waals surface area contributed by atoms with E-state index >= 15 is 0 Å². The molecule has 7 heteroatoms. The van der Waals surface area contributed by atoms with Gasteiger partial charge in [0.1, 0.15) is 5.76 Å². The molecule has 186 valence electrons. The molecule has 1 unspecified atom stereocenters. The zero-order valence-electron chi connectivity index (χ0n) is 20.3. The molecule has 0 fully saturated rings. The summed E-state index contributed by atoms with van der Waals surface area (Å²) in [5.41, 5.74) is 4.00. The number of Topliss-reactive ketones (excluding diaryl/α,β-unsaturated/α-hetero) is 1. The lowest BCUT2D eigenvalue weighted by Crippen LogP contribution is -2.44. The Balaban J connectivity index is 1.58. The van der Waals surface area contributed by atoms with E-state index in [0.717, 1.165) is 16.5 Å². The third-order valence-corrected chi connectivity index (χ3v) is 8.06. The maximum atomic E-state index is 13.8. The number of hydrogen-bond donors (Lipinski definition) is 2. The second-order valence-electron chi connectivity index (χ2n) is 9.95. The van der Waals surface area contributed by atoms with Crippen molar-refractivity contribution in [3.8, 4) is 0 Å². The van der Waals surface area contributed by atoms with Crippen LogP contribution in [0.1, 0.15) is 56.8 Å². The molecule has 1 aromatic heterocycles. The molecule has 0 bridgehead atoms. The number of aliphatic hydroxyl groups excluding tert-OH is 1. The Morgan fingerprint density at radius 1 is 0.947 bits per heavy atom. The molecule has 0 radical (unpaired) electrons. The van der Waals surface area contributed by atoms with Gasteiger partial charge in [-0.05, 0) is 36.1 Å². The van der Waals surface area contributed by atoms with Crippen molar-refractivity contribution in [3.63, 3.8) is 0 Å². The molecule has 0 saturated heterocycles. The second-order valence-corrected chi connectivity index (χ2v) is 9.95. The van der Waals surface area contributed by atoms with Crippen LogP contribution in [0.3, 0.4) is 0 Å². The van der Waals surface area contributed by atoms with Crippen LogP contribution < -0.4 is 0 Å². The number of nitrogens with zero attached hydrogens (tertiary/aromatic N) is 2. The molecule has 2 aliphatic heterocycles. The SMILES string of the molecule is O=C(O)CCc1c2n(c3ccccc13)C(=O)CCC21C(C2=C(O)c3ccccc3C2=O)=Nc2ccccc21. The fourth-order valence-corrected chi connectivity index (χ4v) is 6.55. The highest BCUT2D eigenvalue weighted by molar-refractivity contribution is 6.39. The van der Waals surface area contributed by atoms with Crippen molar-refractivity contribution in [3.05, 3.63) is 106 Å². The number of aliphatic hydroxyl groups is 1. The van der Waals surface area contributed by atoms with Crippen LogP contribution in [0.25, 0.3) is 16.7 Å². The number of hydrogen-bond acceptors (Lipinski definition) is 5. The van der Waals surface area contributed by atoms with Gasteiger partial charge in [-0.25, -0.2) is 0 Å². The molecule has 0 amide bonds. The Kier molecular flexibility index (Phi) is 4.64. The molecule has 3 aromatic carbocycles. The van der Waals surface area contributed by atoms with Gasteiger partial charge in [0.25, 0.3) is 0 Å². The summed E-state index contributed by atoms with van der Waals surface area (Å²) in [5, 5.41) is 21.8. The topological polar surface area (TPSA) is 109 Å². The minimum Gasteiger partial charge on any atom is -0.506 e. The third-order valence-electron chi connectivity index (χ3n) is 8.06. The molecule has 0 saturated carbocycles. The molecule has 38 heavy (non-hydrogen) atoms. The number of aromatic nitrogens is 1. The van der Waals surface area contributed by atoms with E-state index in [1.165, 1.54) is 0 Å². The molecule has 1 aliphatic carbocycles. The van der Waals surface area contributed by atoms with Crippen LogP contribution in [0, 0.1) is 0 Å². The first kappa shape index (κ1) is 22.4. The largest absolute Gasteiger partial charge is 0.506 e. The first-order valence-corrected chi connectivity index (χ1v) is 12.6. The van der Waals surface area contributed by atoms with E-state index in [9.17, 15) is 24.6 Å². The van der Waals surface area contributed by atoms with E-state index in [1.807, 2.05) is 48.5 Å². The highest BCUT2D eigenvalue weighted by Gasteiger charge is 2.55. The Morgan fingerprint density at radius 2 is 1.66 bits per heavy atom. The number of carboxylic acid groups (broad SMARTS) is 1. The fraction of sp³-hybridized carbons (Fsp3) is 0.161. The van der Waals surface area contributed by atoms with Crippen molar-refractivity contribution in [1.29, 1.82) is 0 Å². The minimum atomic E-state index is -1.02. The van der Waals surface area contributed by atoms with E-state index < -0.39 is 11.4 Å². The van der Waals surface area contributed by atoms with Gasteiger partial charge < -0.3 is 10.2 Å². The van der Waals surface area contributed by atoms with Gasteiger partial charge in [-0.3, -0.25) is 23.9 Å². The number of rotatable bonds is 4. The maximum absolute atomic E-state index is 13.8. The van der Waals surface area contributed by atoms with Crippen molar-refractivity contribution in [2.75, 3.05) is 0 Å². The first-order valence-electron chi connectivity index (χ1n) is 12.6. The second kappa shape index (κ2) is 7.86. The molecule has 7 rings (SSSR count). The lowest BCUT2D eigenvalue weighted by molar-refractivity contribution is -0.136. The van der Waals surface area contributed by atoms with Gasteiger partial charge in [0.05, 0.1) is 27.9 Å². The molecule has 4 aromatic rings. The Bertz CT molecular complexity index is 1810. The zero-order chi connectivity index (χ0) is 26.2. The van der Waals surface area contributed by atoms with Crippen LogP contribution in [0.4, 0.5) is 5.69 Å². The van der Waals surface area contributed by atoms with Gasteiger partial charge in [0, 0.05) is 35.0 Å². The average molecular weight is 503 g/mol. The lowest BCUT2D eigenvalue weighted by atomic mass is 9.66. The Hall–Kier alpha value is -4.78. The van der Waals surface area contributed by atoms with Crippen LogP contribution >= 0.6 is 0 Å². The maximum Gasteiger partial charge on any atom is 0.303 e. The number of carboxylic acids is 1. The lowest BCUT2D eigenvalue weighted by Gasteiger charge is -2.38. The average Bonchev–Trinajstić information content (AvgIpc) is 3.52. The van der Waals surface area contributed by atoms with Gasteiger partial charge in [-0.2, -0.15) is 0 Å². The van der Waals surface area contributed by atoms with E-state index in [-0.39, 0.29) is 42.3 Å². The normalized spacial score (nSPS) is 19.6. The van der Waals surface area contributed by atoms with Gasteiger partial charge in [0.2, 0.25) is 5.91 Å². The quantitative estimate of drug-likeness (QED) is 0.376. The monoisotopic (exact) mass is 502 g/mol. The van der Waals surface area contributed by atoms with Crippen molar-refractivity contribution in [1.82, 2.24) is 4.57 Å². The van der Waals surface area contributed by atoms with Crippen molar-refractivity contribution in [2.45, 2.75) is 31.1 Å². The number of allylic oxidation sites excluding steroid dienone is 1. The number of carbonyl (C=O) groups is 3. The molecular weight excluding hydrogens is 480 g/mol. The summed E-state index contributed by atoms with van der Waals surface area (Å²) in [5.74, 6) is -1.46. The highest BCUT2D eigenvalue weighted by Crippen LogP contribution is 2.55. The number of aliphatic imine (C=N–C) groups is 1.